The number of carboxylic acids is 1. The van der Waals surface area contributed by atoms with Gasteiger partial charge in [-0.2, -0.15) is 0 Å². The molecule has 4 nitrogen and oxygen atoms in total. The Morgan fingerprint density at radius 2 is 2.19 bits per heavy atom. The molecular weight excluding hydrogens is 213 g/mol. The molecule has 0 fully saturated rings. The number of hydrogen-bond acceptors (Lipinski definition) is 3. The molecule has 1 unspecified atom stereocenters. The molecule has 0 aliphatic heterocycles. The van der Waals surface area contributed by atoms with Gasteiger partial charge in [0.15, 0.2) is 0 Å². The Morgan fingerprint density at radius 1 is 1.56 bits per heavy atom. The highest BCUT2D eigenvalue weighted by Gasteiger charge is 2.14. The van der Waals surface area contributed by atoms with Crippen molar-refractivity contribution in [2.45, 2.75) is 25.8 Å². The molecule has 1 atom stereocenters. The molecule has 0 saturated heterocycles. The molecule has 0 saturated carbocycles. The molecule has 1 rings (SSSR count). The molecule has 0 amide bonds. The summed E-state index contributed by atoms with van der Waals surface area (Å²) in [5.74, 6) is -1.71. The van der Waals surface area contributed by atoms with Gasteiger partial charge in [0.05, 0.1) is 0 Å². The number of halogens is 1. The van der Waals surface area contributed by atoms with Crippen molar-refractivity contribution < 1.29 is 19.4 Å². The topological polar surface area (TPSA) is 83.6 Å². The maximum Gasteiger partial charge on any atom is 0.303 e. The van der Waals surface area contributed by atoms with Crippen molar-refractivity contribution in [3.8, 4) is 5.75 Å². The fraction of sp³-hybridized carbons (Fsp3) is 0.364. The Labute approximate surface area is 92.5 Å². The van der Waals surface area contributed by atoms with Crippen LogP contribution in [0.3, 0.4) is 0 Å². The maximum absolute atomic E-state index is 13.4. The van der Waals surface area contributed by atoms with E-state index in [0.29, 0.717) is 5.56 Å². The first kappa shape index (κ1) is 12.4. The Kier molecular flexibility index (Phi) is 3.84. The number of aryl methyl sites for hydroxylation is 1. The lowest BCUT2D eigenvalue weighted by atomic mass is 10.00. The summed E-state index contributed by atoms with van der Waals surface area (Å²) in [6.45, 7) is 1.63. The van der Waals surface area contributed by atoms with Crippen LogP contribution in [0.4, 0.5) is 4.39 Å². The van der Waals surface area contributed by atoms with E-state index in [-0.39, 0.29) is 24.2 Å². The van der Waals surface area contributed by atoms with E-state index >= 15 is 0 Å². The van der Waals surface area contributed by atoms with E-state index in [0.717, 1.165) is 6.07 Å². The van der Waals surface area contributed by atoms with Crippen LogP contribution in [0.15, 0.2) is 12.1 Å². The van der Waals surface area contributed by atoms with Gasteiger partial charge in [-0.15, -0.1) is 0 Å². The number of phenolic OH excluding ortho intramolecular Hbond substituents is 1. The summed E-state index contributed by atoms with van der Waals surface area (Å²) < 4.78 is 13.4. The molecule has 5 heteroatoms. The number of phenols is 1. The summed E-state index contributed by atoms with van der Waals surface area (Å²) >= 11 is 0. The first-order chi connectivity index (χ1) is 7.41. The fourth-order valence-electron chi connectivity index (χ4n) is 1.41. The van der Waals surface area contributed by atoms with E-state index in [1.807, 2.05) is 0 Å². The Bertz CT molecular complexity index is 406. The summed E-state index contributed by atoms with van der Waals surface area (Å²) in [7, 11) is 0. The highest BCUT2D eigenvalue weighted by atomic mass is 19.1. The summed E-state index contributed by atoms with van der Waals surface area (Å²) in [5, 5.41) is 17.7. The number of benzene rings is 1. The number of hydrogen-bond donors (Lipinski definition) is 3. The van der Waals surface area contributed by atoms with Crippen molar-refractivity contribution in [1.29, 1.82) is 0 Å². The van der Waals surface area contributed by atoms with Crippen LogP contribution in [-0.4, -0.2) is 16.2 Å². The zero-order valence-corrected chi connectivity index (χ0v) is 8.90. The molecule has 1 aromatic carbocycles. The van der Waals surface area contributed by atoms with Crippen LogP contribution < -0.4 is 5.73 Å². The van der Waals surface area contributed by atoms with Gasteiger partial charge in [0.2, 0.25) is 0 Å². The normalized spacial score (nSPS) is 12.4. The minimum Gasteiger partial charge on any atom is -0.508 e. The van der Waals surface area contributed by atoms with Crippen LogP contribution in [0.5, 0.6) is 5.75 Å². The minimum absolute atomic E-state index is 0.111. The van der Waals surface area contributed by atoms with Crippen molar-refractivity contribution >= 4 is 5.97 Å². The number of carbonyl (C=O) groups is 1. The monoisotopic (exact) mass is 227 g/mol. The van der Waals surface area contributed by atoms with Gasteiger partial charge in [-0.25, -0.2) is 4.39 Å². The molecular formula is C11H14FNO3. The second-order valence-corrected chi connectivity index (χ2v) is 3.70. The molecule has 16 heavy (non-hydrogen) atoms. The highest BCUT2D eigenvalue weighted by Crippen LogP contribution is 2.26. The smallest absolute Gasteiger partial charge is 0.303 e. The van der Waals surface area contributed by atoms with Crippen LogP contribution in [0.25, 0.3) is 0 Å². The predicted octanol–water partition coefficient (Wildman–Crippen LogP) is 1.70. The summed E-state index contributed by atoms with van der Waals surface area (Å²) in [5.41, 5.74) is 6.43. The van der Waals surface area contributed by atoms with Crippen LogP contribution >= 0.6 is 0 Å². The summed E-state index contributed by atoms with van der Waals surface area (Å²) in [4.78, 5) is 10.4. The van der Waals surface area contributed by atoms with Crippen molar-refractivity contribution in [2.75, 3.05) is 0 Å². The first-order valence-corrected chi connectivity index (χ1v) is 4.88. The average Bonchev–Trinajstić information content (AvgIpc) is 2.20. The molecule has 0 aliphatic rings. The lowest BCUT2D eigenvalue weighted by Gasteiger charge is -2.13. The number of rotatable bonds is 4. The summed E-state index contributed by atoms with van der Waals surface area (Å²) in [6.07, 6.45) is 0.0526. The Morgan fingerprint density at radius 3 is 2.75 bits per heavy atom. The van der Waals surface area contributed by atoms with E-state index < -0.39 is 17.8 Å². The van der Waals surface area contributed by atoms with Gasteiger partial charge in [-0.05, 0) is 25.0 Å². The molecule has 0 heterocycles. The molecule has 0 bridgehead atoms. The van der Waals surface area contributed by atoms with Crippen molar-refractivity contribution in [1.82, 2.24) is 0 Å². The maximum atomic E-state index is 13.4. The van der Waals surface area contributed by atoms with Gasteiger partial charge < -0.3 is 15.9 Å². The quantitative estimate of drug-likeness (QED) is 0.731. The lowest BCUT2D eigenvalue weighted by Crippen LogP contribution is -2.14. The van der Waals surface area contributed by atoms with Gasteiger partial charge in [0.1, 0.15) is 11.6 Å². The number of nitrogens with two attached hydrogens (primary N) is 1. The van der Waals surface area contributed by atoms with E-state index in [1.165, 1.54) is 6.07 Å². The molecule has 1 aromatic rings. The molecule has 0 spiro atoms. The van der Waals surface area contributed by atoms with Gasteiger partial charge in [-0.1, -0.05) is 0 Å². The fourth-order valence-corrected chi connectivity index (χ4v) is 1.41. The van der Waals surface area contributed by atoms with Crippen molar-refractivity contribution in [2.24, 2.45) is 5.73 Å². The molecule has 0 aromatic heterocycles. The average molecular weight is 227 g/mol. The second-order valence-electron chi connectivity index (χ2n) is 3.70. The van der Waals surface area contributed by atoms with Crippen LogP contribution in [-0.2, 0) is 4.79 Å². The second kappa shape index (κ2) is 4.94. The lowest BCUT2D eigenvalue weighted by molar-refractivity contribution is -0.137. The third-order valence-corrected chi connectivity index (χ3v) is 2.38. The zero-order valence-electron chi connectivity index (χ0n) is 8.90. The van der Waals surface area contributed by atoms with Gasteiger partial charge >= 0.3 is 5.97 Å². The molecule has 0 aliphatic carbocycles. The number of aromatic hydroxyl groups is 1. The predicted molar refractivity (Wildman–Crippen MR) is 56.6 cm³/mol. The van der Waals surface area contributed by atoms with E-state index in [9.17, 15) is 14.3 Å². The van der Waals surface area contributed by atoms with Crippen molar-refractivity contribution in [3.63, 3.8) is 0 Å². The first-order valence-electron chi connectivity index (χ1n) is 4.88. The standard InChI is InChI=1S/C11H14FNO3/c1-6-4-7(8(12)5-10(6)14)9(13)2-3-11(15)16/h4-5,9,14H,2-3,13H2,1H3,(H,15,16). The number of aliphatic carboxylic acids is 1. The number of carboxylic acid groups (broad SMARTS) is 1. The highest BCUT2D eigenvalue weighted by molar-refractivity contribution is 5.66. The molecule has 88 valence electrons. The SMILES string of the molecule is Cc1cc(C(N)CCC(=O)O)c(F)cc1O. The van der Waals surface area contributed by atoms with Crippen molar-refractivity contribution in [3.05, 3.63) is 29.1 Å². The van der Waals surface area contributed by atoms with Crippen LogP contribution in [0, 0.1) is 12.7 Å². The van der Waals surface area contributed by atoms with Gasteiger partial charge in [0, 0.05) is 24.1 Å². The molecule has 0 radical (unpaired) electrons. The van der Waals surface area contributed by atoms with Crippen LogP contribution in [0.2, 0.25) is 0 Å². The third kappa shape index (κ3) is 2.93. The van der Waals surface area contributed by atoms with E-state index in [4.69, 9.17) is 10.8 Å². The third-order valence-electron chi connectivity index (χ3n) is 2.38. The van der Waals surface area contributed by atoms with Crippen LogP contribution in [0.1, 0.15) is 30.0 Å². The Hall–Kier alpha value is -1.62. The van der Waals surface area contributed by atoms with E-state index in [1.54, 1.807) is 6.92 Å². The van der Waals surface area contributed by atoms with E-state index in [2.05, 4.69) is 0 Å². The van der Waals surface area contributed by atoms with Gasteiger partial charge in [0.25, 0.3) is 0 Å². The largest absolute Gasteiger partial charge is 0.508 e. The minimum atomic E-state index is -0.966. The Balaban J connectivity index is 2.86. The summed E-state index contributed by atoms with van der Waals surface area (Å²) in [6, 6.07) is 1.76. The zero-order chi connectivity index (χ0) is 12.3. The molecule has 4 N–H and O–H groups in total. The van der Waals surface area contributed by atoms with Gasteiger partial charge in [-0.3, -0.25) is 4.79 Å².